The normalized spacial score (nSPS) is 18.8. The number of nitrogens with one attached hydrogen (secondary N) is 1. The molecule has 1 aliphatic heterocycles. The van der Waals surface area contributed by atoms with Crippen LogP contribution in [0.2, 0.25) is 5.02 Å². The highest BCUT2D eigenvalue weighted by atomic mass is 79.9. The molecule has 0 saturated carbocycles. The first-order valence-corrected chi connectivity index (χ1v) is 10.1. The van der Waals surface area contributed by atoms with Gasteiger partial charge < -0.3 is 24.3 Å². The Morgan fingerprint density at radius 2 is 1.93 bits per heavy atom. The van der Waals surface area contributed by atoms with Crippen LogP contribution in [0.5, 0.6) is 11.5 Å². The zero-order valence-corrected chi connectivity index (χ0v) is 18.2. The Morgan fingerprint density at radius 3 is 2.69 bits per heavy atom. The number of anilines is 2. The van der Waals surface area contributed by atoms with Gasteiger partial charge in [0.25, 0.3) is 0 Å². The molecule has 2 heterocycles. The standard InChI is InChI=1S/C20H19BrClN3O4/c1-26-16-6-12-15(7-17(16)29-19-9-28-8-18(19)27-2)23-10-24-20(12)25-11-3-4-13(21)14(22)5-11/h3-7,10,18-19H,8-9H2,1-2H3,(H,23,24,25)/t18-,19+/m1/s1. The molecule has 7 nitrogen and oxygen atoms in total. The first-order valence-electron chi connectivity index (χ1n) is 8.91. The summed E-state index contributed by atoms with van der Waals surface area (Å²) < 4.78 is 23.4. The van der Waals surface area contributed by atoms with Gasteiger partial charge in [-0.25, -0.2) is 9.97 Å². The maximum atomic E-state index is 6.19. The molecule has 152 valence electrons. The maximum absolute atomic E-state index is 6.19. The van der Waals surface area contributed by atoms with Gasteiger partial charge in [0.15, 0.2) is 17.6 Å². The summed E-state index contributed by atoms with van der Waals surface area (Å²) in [5.41, 5.74) is 1.53. The van der Waals surface area contributed by atoms with Gasteiger partial charge in [-0.1, -0.05) is 11.6 Å². The van der Waals surface area contributed by atoms with Crippen LogP contribution in [0, 0.1) is 0 Å². The zero-order chi connectivity index (χ0) is 20.4. The molecule has 1 aromatic heterocycles. The van der Waals surface area contributed by atoms with Crippen molar-refractivity contribution in [3.05, 3.63) is 46.2 Å². The smallest absolute Gasteiger partial charge is 0.164 e. The van der Waals surface area contributed by atoms with E-state index in [1.807, 2.05) is 30.3 Å². The van der Waals surface area contributed by atoms with Crippen LogP contribution >= 0.6 is 27.5 Å². The summed E-state index contributed by atoms with van der Waals surface area (Å²) in [6.07, 6.45) is 1.16. The number of benzene rings is 2. The van der Waals surface area contributed by atoms with Crippen molar-refractivity contribution < 1.29 is 18.9 Å². The molecule has 0 radical (unpaired) electrons. The number of methoxy groups -OCH3 is 2. The second kappa shape index (κ2) is 8.71. The highest BCUT2D eigenvalue weighted by Crippen LogP contribution is 2.36. The summed E-state index contributed by atoms with van der Waals surface area (Å²) in [4.78, 5) is 8.76. The largest absolute Gasteiger partial charge is 0.493 e. The quantitative estimate of drug-likeness (QED) is 0.553. The summed E-state index contributed by atoms with van der Waals surface area (Å²) in [7, 11) is 3.24. The van der Waals surface area contributed by atoms with E-state index in [9.17, 15) is 0 Å². The van der Waals surface area contributed by atoms with E-state index in [4.69, 9.17) is 30.5 Å². The van der Waals surface area contributed by atoms with E-state index in [0.717, 1.165) is 21.1 Å². The van der Waals surface area contributed by atoms with Crippen LogP contribution in [0.3, 0.4) is 0 Å². The van der Waals surface area contributed by atoms with Gasteiger partial charge in [0.2, 0.25) is 0 Å². The molecule has 29 heavy (non-hydrogen) atoms. The Kier molecular flexibility index (Phi) is 6.05. The first-order chi connectivity index (χ1) is 14.1. The Bertz CT molecular complexity index is 1040. The van der Waals surface area contributed by atoms with E-state index in [1.54, 1.807) is 14.2 Å². The van der Waals surface area contributed by atoms with E-state index in [0.29, 0.717) is 35.6 Å². The lowest BCUT2D eigenvalue weighted by Crippen LogP contribution is -2.31. The number of ether oxygens (including phenoxy) is 4. The number of hydrogen-bond donors (Lipinski definition) is 1. The van der Waals surface area contributed by atoms with Crippen LogP contribution in [0.25, 0.3) is 10.9 Å². The molecule has 4 rings (SSSR count). The second-order valence-electron chi connectivity index (χ2n) is 6.46. The number of aromatic nitrogens is 2. The van der Waals surface area contributed by atoms with Crippen LogP contribution in [-0.2, 0) is 9.47 Å². The van der Waals surface area contributed by atoms with Gasteiger partial charge in [0.05, 0.1) is 30.9 Å². The van der Waals surface area contributed by atoms with Crippen LogP contribution in [-0.4, -0.2) is 49.6 Å². The molecule has 0 amide bonds. The average molecular weight is 481 g/mol. The topological polar surface area (TPSA) is 74.7 Å². The van der Waals surface area contributed by atoms with Gasteiger partial charge in [-0.15, -0.1) is 0 Å². The van der Waals surface area contributed by atoms with E-state index >= 15 is 0 Å². The lowest BCUT2D eigenvalue weighted by atomic mass is 10.2. The lowest BCUT2D eigenvalue weighted by molar-refractivity contribution is 0.0316. The lowest BCUT2D eigenvalue weighted by Gasteiger charge is -2.20. The number of halogens is 2. The molecular formula is C20H19BrClN3O4. The van der Waals surface area contributed by atoms with E-state index in [2.05, 4.69) is 31.2 Å². The van der Waals surface area contributed by atoms with Gasteiger partial charge >= 0.3 is 0 Å². The summed E-state index contributed by atoms with van der Waals surface area (Å²) in [5.74, 6) is 1.79. The van der Waals surface area contributed by atoms with Crippen molar-refractivity contribution in [1.82, 2.24) is 9.97 Å². The Labute approximate surface area is 181 Å². The van der Waals surface area contributed by atoms with Gasteiger partial charge in [0, 0.05) is 28.7 Å². The van der Waals surface area contributed by atoms with Crippen molar-refractivity contribution in [3.63, 3.8) is 0 Å². The number of nitrogens with zero attached hydrogens (tertiary/aromatic N) is 2. The Balaban J connectivity index is 1.68. The molecule has 2 atom stereocenters. The molecule has 1 saturated heterocycles. The van der Waals surface area contributed by atoms with Gasteiger partial charge in [-0.3, -0.25) is 0 Å². The van der Waals surface area contributed by atoms with Crippen molar-refractivity contribution >= 4 is 49.9 Å². The molecule has 0 aliphatic carbocycles. The minimum Gasteiger partial charge on any atom is -0.493 e. The minimum absolute atomic E-state index is 0.125. The van der Waals surface area contributed by atoms with Crippen molar-refractivity contribution in [2.75, 3.05) is 32.8 Å². The fourth-order valence-corrected chi connectivity index (χ4v) is 3.56. The van der Waals surface area contributed by atoms with Crippen molar-refractivity contribution in [1.29, 1.82) is 0 Å². The molecule has 1 aliphatic rings. The predicted molar refractivity (Wildman–Crippen MR) is 115 cm³/mol. The molecule has 1 fully saturated rings. The van der Waals surface area contributed by atoms with E-state index < -0.39 is 0 Å². The molecule has 0 bridgehead atoms. The fraction of sp³-hybridized carbons (Fsp3) is 0.300. The molecular weight excluding hydrogens is 462 g/mol. The van der Waals surface area contributed by atoms with Crippen LogP contribution in [0.15, 0.2) is 41.1 Å². The van der Waals surface area contributed by atoms with Crippen molar-refractivity contribution in [2.45, 2.75) is 12.2 Å². The van der Waals surface area contributed by atoms with E-state index in [-0.39, 0.29) is 12.2 Å². The van der Waals surface area contributed by atoms with Gasteiger partial charge in [-0.05, 0) is 40.2 Å². The van der Waals surface area contributed by atoms with Crippen LogP contribution < -0.4 is 14.8 Å². The molecule has 1 N–H and O–H groups in total. The summed E-state index contributed by atoms with van der Waals surface area (Å²) >= 11 is 9.59. The third-order valence-electron chi connectivity index (χ3n) is 4.66. The fourth-order valence-electron chi connectivity index (χ4n) is 3.13. The van der Waals surface area contributed by atoms with Gasteiger partial charge in [0.1, 0.15) is 18.2 Å². The van der Waals surface area contributed by atoms with Crippen molar-refractivity contribution in [2.24, 2.45) is 0 Å². The number of rotatable bonds is 6. The number of fused-ring (bicyclic) bond motifs is 1. The third-order valence-corrected chi connectivity index (χ3v) is 5.90. The highest BCUT2D eigenvalue weighted by molar-refractivity contribution is 9.10. The molecule has 0 unspecified atom stereocenters. The van der Waals surface area contributed by atoms with Crippen molar-refractivity contribution in [3.8, 4) is 11.5 Å². The Morgan fingerprint density at radius 1 is 1.10 bits per heavy atom. The maximum Gasteiger partial charge on any atom is 0.164 e. The molecule has 3 aromatic rings. The average Bonchev–Trinajstić information content (AvgIpc) is 3.17. The molecule has 0 spiro atoms. The molecule has 9 heteroatoms. The zero-order valence-electron chi connectivity index (χ0n) is 15.8. The first kappa shape index (κ1) is 20.2. The van der Waals surface area contributed by atoms with Crippen LogP contribution in [0.1, 0.15) is 0 Å². The Hall–Kier alpha value is -2.13. The number of hydrogen-bond acceptors (Lipinski definition) is 7. The van der Waals surface area contributed by atoms with Gasteiger partial charge in [-0.2, -0.15) is 0 Å². The second-order valence-corrected chi connectivity index (χ2v) is 7.73. The minimum atomic E-state index is -0.212. The highest BCUT2D eigenvalue weighted by Gasteiger charge is 2.31. The summed E-state index contributed by atoms with van der Waals surface area (Å²) in [6.45, 7) is 0.962. The monoisotopic (exact) mass is 479 g/mol. The summed E-state index contributed by atoms with van der Waals surface area (Å²) in [6, 6.07) is 9.28. The third kappa shape index (κ3) is 4.25. The summed E-state index contributed by atoms with van der Waals surface area (Å²) in [5, 5.41) is 4.68. The predicted octanol–water partition coefficient (Wildman–Crippen LogP) is 4.59. The molecule has 2 aromatic carbocycles. The van der Waals surface area contributed by atoms with E-state index in [1.165, 1.54) is 6.33 Å². The SMILES string of the molecule is COc1cc2c(Nc3ccc(Br)c(Cl)c3)ncnc2cc1O[C@H]1COC[C@H]1OC. The van der Waals surface area contributed by atoms with Crippen LogP contribution in [0.4, 0.5) is 11.5 Å².